The molecule has 112 valence electrons. The van der Waals surface area contributed by atoms with Crippen LogP contribution in [0.2, 0.25) is 0 Å². The average Bonchev–Trinajstić information content (AvgIpc) is 2.79. The van der Waals surface area contributed by atoms with Gasteiger partial charge in [0.15, 0.2) is 0 Å². The lowest BCUT2D eigenvalue weighted by Crippen LogP contribution is -2.27. The molecule has 20 heavy (non-hydrogen) atoms. The van der Waals surface area contributed by atoms with E-state index in [-0.39, 0.29) is 5.75 Å². The topological polar surface area (TPSA) is 63.4 Å². The van der Waals surface area contributed by atoms with E-state index in [1.807, 2.05) is 0 Å². The minimum Gasteiger partial charge on any atom is -0.296 e. The molecule has 0 saturated carbocycles. The van der Waals surface area contributed by atoms with Crippen LogP contribution in [0.1, 0.15) is 42.0 Å². The second-order valence-corrected chi connectivity index (χ2v) is 7.51. The van der Waals surface area contributed by atoms with Crippen molar-refractivity contribution in [1.82, 2.24) is 4.90 Å². The molecule has 0 radical (unpaired) electrons. The maximum atomic E-state index is 11.0. The van der Waals surface area contributed by atoms with Gasteiger partial charge >= 0.3 is 0 Å². The summed E-state index contributed by atoms with van der Waals surface area (Å²) in [5.74, 6) is 0.0724. The lowest BCUT2D eigenvalue weighted by atomic mass is 9.97. The van der Waals surface area contributed by atoms with Crippen LogP contribution in [0.15, 0.2) is 18.2 Å². The molecule has 1 atom stereocenters. The Morgan fingerprint density at radius 1 is 1.35 bits per heavy atom. The lowest BCUT2D eigenvalue weighted by Gasteiger charge is -2.26. The molecule has 0 spiro atoms. The van der Waals surface area contributed by atoms with Crippen molar-refractivity contribution in [3.05, 3.63) is 34.9 Å². The van der Waals surface area contributed by atoms with Gasteiger partial charge in [-0.2, -0.15) is 0 Å². The van der Waals surface area contributed by atoms with Crippen LogP contribution in [0.5, 0.6) is 0 Å². The van der Waals surface area contributed by atoms with E-state index in [4.69, 9.17) is 5.14 Å². The van der Waals surface area contributed by atoms with Gasteiger partial charge in [0.1, 0.15) is 0 Å². The van der Waals surface area contributed by atoms with Crippen molar-refractivity contribution in [3.8, 4) is 0 Å². The molecule has 0 bridgehead atoms. The number of nitrogens with zero attached hydrogens (tertiary/aromatic N) is 1. The molecule has 0 aromatic heterocycles. The SMILES string of the molecule is Cc1ccc(C)c(C2CCCN2CCCS(N)(=O)=O)c1. The predicted octanol–water partition coefficient (Wildman–Crippen LogP) is 2.12. The summed E-state index contributed by atoms with van der Waals surface area (Å²) < 4.78 is 22.0. The number of hydrogen-bond donors (Lipinski definition) is 1. The van der Waals surface area contributed by atoms with Crippen LogP contribution in [0.25, 0.3) is 0 Å². The normalized spacial score (nSPS) is 20.4. The molecule has 2 rings (SSSR count). The molecular weight excluding hydrogens is 272 g/mol. The van der Waals surface area contributed by atoms with E-state index in [0.717, 1.165) is 19.5 Å². The summed E-state index contributed by atoms with van der Waals surface area (Å²) in [5, 5.41) is 5.06. The third-order valence-electron chi connectivity index (χ3n) is 4.03. The quantitative estimate of drug-likeness (QED) is 0.905. The molecule has 1 heterocycles. The van der Waals surface area contributed by atoms with Gasteiger partial charge < -0.3 is 0 Å². The van der Waals surface area contributed by atoms with Crippen LogP contribution in [0.4, 0.5) is 0 Å². The minimum atomic E-state index is -3.34. The van der Waals surface area contributed by atoms with Gasteiger partial charge in [-0.25, -0.2) is 13.6 Å². The molecule has 1 aliphatic rings. The smallest absolute Gasteiger partial charge is 0.209 e. The molecular formula is C15H24N2O2S. The van der Waals surface area contributed by atoms with Crippen LogP contribution in [-0.4, -0.2) is 32.2 Å². The Morgan fingerprint density at radius 2 is 2.10 bits per heavy atom. The van der Waals surface area contributed by atoms with Gasteiger partial charge in [-0.3, -0.25) is 4.90 Å². The van der Waals surface area contributed by atoms with Crippen LogP contribution in [0, 0.1) is 13.8 Å². The Balaban J connectivity index is 2.05. The van der Waals surface area contributed by atoms with Crippen molar-refractivity contribution in [3.63, 3.8) is 0 Å². The number of hydrogen-bond acceptors (Lipinski definition) is 3. The number of primary sulfonamides is 1. The maximum Gasteiger partial charge on any atom is 0.209 e. The summed E-state index contributed by atoms with van der Waals surface area (Å²) in [4.78, 5) is 2.40. The lowest BCUT2D eigenvalue weighted by molar-refractivity contribution is 0.257. The number of benzene rings is 1. The van der Waals surface area contributed by atoms with Crippen LogP contribution >= 0.6 is 0 Å². The highest BCUT2D eigenvalue weighted by Gasteiger charge is 2.26. The van der Waals surface area contributed by atoms with E-state index in [9.17, 15) is 8.42 Å². The molecule has 1 unspecified atom stereocenters. The van der Waals surface area contributed by atoms with Crippen molar-refractivity contribution in [2.75, 3.05) is 18.8 Å². The molecule has 1 aromatic rings. The summed E-state index contributed by atoms with van der Waals surface area (Å²) in [6.45, 7) is 6.11. The summed E-state index contributed by atoms with van der Waals surface area (Å²) in [6, 6.07) is 7.00. The first-order valence-corrected chi connectivity index (χ1v) is 8.90. The van der Waals surface area contributed by atoms with Crippen LogP contribution < -0.4 is 5.14 Å². The molecule has 1 aliphatic heterocycles. The number of rotatable bonds is 5. The first-order chi connectivity index (χ1) is 9.37. The Hall–Kier alpha value is -0.910. The fourth-order valence-corrected chi connectivity index (χ4v) is 3.57. The molecule has 2 N–H and O–H groups in total. The zero-order chi connectivity index (χ0) is 14.8. The van der Waals surface area contributed by atoms with Crippen LogP contribution in [-0.2, 0) is 10.0 Å². The van der Waals surface area contributed by atoms with E-state index in [1.54, 1.807) is 0 Å². The first kappa shape index (κ1) is 15.5. The van der Waals surface area contributed by atoms with Gasteiger partial charge in [-0.1, -0.05) is 23.8 Å². The Bertz CT molecular complexity index is 569. The highest BCUT2D eigenvalue weighted by molar-refractivity contribution is 7.89. The van der Waals surface area contributed by atoms with Crippen LogP contribution in [0.3, 0.4) is 0 Å². The second-order valence-electron chi connectivity index (χ2n) is 5.77. The monoisotopic (exact) mass is 296 g/mol. The minimum absolute atomic E-state index is 0.0724. The highest BCUT2D eigenvalue weighted by atomic mass is 32.2. The zero-order valence-electron chi connectivity index (χ0n) is 12.3. The van der Waals surface area contributed by atoms with Gasteiger partial charge in [0.05, 0.1) is 5.75 Å². The van der Waals surface area contributed by atoms with E-state index in [2.05, 4.69) is 36.9 Å². The third-order valence-corrected chi connectivity index (χ3v) is 4.89. The first-order valence-electron chi connectivity index (χ1n) is 7.18. The third kappa shape index (κ3) is 4.04. The number of likely N-dealkylation sites (tertiary alicyclic amines) is 1. The van der Waals surface area contributed by atoms with E-state index >= 15 is 0 Å². The highest BCUT2D eigenvalue weighted by Crippen LogP contribution is 2.34. The number of nitrogens with two attached hydrogens (primary N) is 1. The summed E-state index contributed by atoms with van der Waals surface area (Å²) >= 11 is 0. The van der Waals surface area contributed by atoms with Crippen molar-refractivity contribution >= 4 is 10.0 Å². The molecule has 0 amide bonds. The summed E-state index contributed by atoms with van der Waals surface area (Å²) in [5.41, 5.74) is 3.99. The van der Waals surface area contributed by atoms with Gasteiger partial charge in [-0.05, 0) is 57.3 Å². The fourth-order valence-electron chi connectivity index (χ4n) is 3.03. The van der Waals surface area contributed by atoms with Gasteiger partial charge in [-0.15, -0.1) is 0 Å². The van der Waals surface area contributed by atoms with Gasteiger partial charge in [0, 0.05) is 6.04 Å². The molecule has 4 nitrogen and oxygen atoms in total. The fraction of sp³-hybridized carbons (Fsp3) is 0.600. The maximum absolute atomic E-state index is 11.0. The van der Waals surface area contributed by atoms with Gasteiger partial charge in [0.25, 0.3) is 0 Å². The second kappa shape index (κ2) is 6.24. The molecule has 0 aliphatic carbocycles. The average molecular weight is 296 g/mol. The Morgan fingerprint density at radius 3 is 2.80 bits per heavy atom. The van der Waals surface area contributed by atoms with Crippen molar-refractivity contribution in [1.29, 1.82) is 0 Å². The molecule has 5 heteroatoms. The predicted molar refractivity (Wildman–Crippen MR) is 82.1 cm³/mol. The van der Waals surface area contributed by atoms with E-state index in [1.165, 1.54) is 23.1 Å². The van der Waals surface area contributed by atoms with Crippen molar-refractivity contribution < 1.29 is 8.42 Å². The molecule has 1 fully saturated rings. The standard InChI is InChI=1S/C15H24N2O2S/c1-12-6-7-13(2)14(11-12)15-5-3-8-17(15)9-4-10-20(16,18)19/h6-7,11,15H,3-5,8-10H2,1-2H3,(H2,16,18,19). The largest absolute Gasteiger partial charge is 0.296 e. The van der Waals surface area contributed by atoms with Crippen molar-refractivity contribution in [2.45, 2.75) is 39.2 Å². The zero-order valence-corrected chi connectivity index (χ0v) is 13.1. The van der Waals surface area contributed by atoms with E-state index < -0.39 is 10.0 Å². The van der Waals surface area contributed by atoms with Crippen molar-refractivity contribution in [2.24, 2.45) is 5.14 Å². The number of sulfonamides is 1. The molecule has 1 aromatic carbocycles. The Kier molecular flexibility index (Phi) is 4.83. The van der Waals surface area contributed by atoms with Gasteiger partial charge in [0.2, 0.25) is 10.0 Å². The Labute approximate surface area is 122 Å². The van der Waals surface area contributed by atoms with E-state index in [0.29, 0.717) is 12.5 Å². The summed E-state index contributed by atoms with van der Waals surface area (Å²) in [6.07, 6.45) is 2.94. The summed E-state index contributed by atoms with van der Waals surface area (Å²) in [7, 11) is -3.34. The molecule has 1 saturated heterocycles. The number of aryl methyl sites for hydroxylation is 2.